The van der Waals surface area contributed by atoms with Gasteiger partial charge in [0.2, 0.25) is 0 Å². The predicted octanol–water partition coefficient (Wildman–Crippen LogP) is 2.74. The van der Waals surface area contributed by atoms with Crippen LogP contribution in [0.25, 0.3) is 0 Å². The number of aryl methyl sites for hydroxylation is 1. The molecule has 0 bridgehead atoms. The first-order valence-corrected chi connectivity index (χ1v) is 6.65. The van der Waals surface area contributed by atoms with E-state index in [1.165, 1.54) is 5.56 Å². The van der Waals surface area contributed by atoms with Gasteiger partial charge in [0.15, 0.2) is 6.10 Å². The maximum absolute atomic E-state index is 12.0. The summed E-state index contributed by atoms with van der Waals surface area (Å²) in [5.74, 6) is 0.828. The van der Waals surface area contributed by atoms with E-state index in [0.717, 1.165) is 24.2 Å². The largest absolute Gasteiger partial charge is 0.480 e. The number of hydrogen-bond donors (Lipinski definition) is 1. The summed E-state index contributed by atoms with van der Waals surface area (Å²) in [6.07, 6.45) is 2.51. The molecule has 0 aromatic heterocycles. The Morgan fingerprint density at radius 2 is 2.17 bits per heavy atom. The highest BCUT2D eigenvalue weighted by Gasteiger charge is 2.27. The van der Waals surface area contributed by atoms with Crippen LogP contribution in [0.1, 0.15) is 37.3 Å². The van der Waals surface area contributed by atoms with Crippen molar-refractivity contribution >= 4 is 5.91 Å². The van der Waals surface area contributed by atoms with Crippen LogP contribution in [0.3, 0.4) is 0 Å². The summed E-state index contributed by atoms with van der Waals surface area (Å²) in [5.41, 5.74) is 2.29. The van der Waals surface area contributed by atoms with E-state index < -0.39 is 0 Å². The molecule has 3 nitrogen and oxygen atoms in total. The van der Waals surface area contributed by atoms with Gasteiger partial charge >= 0.3 is 0 Å². The molecule has 0 saturated heterocycles. The quantitative estimate of drug-likeness (QED) is 0.868. The monoisotopic (exact) mass is 247 g/mol. The molecule has 2 rings (SSSR count). The van der Waals surface area contributed by atoms with E-state index in [4.69, 9.17) is 4.74 Å². The van der Waals surface area contributed by atoms with Gasteiger partial charge in [-0.25, -0.2) is 0 Å². The van der Waals surface area contributed by atoms with Crippen molar-refractivity contribution in [2.75, 3.05) is 0 Å². The molecule has 1 N–H and O–H groups in total. The molecular formula is C15H21NO2. The van der Waals surface area contributed by atoms with Gasteiger partial charge in [0.1, 0.15) is 5.75 Å². The Kier molecular flexibility index (Phi) is 3.90. The average molecular weight is 247 g/mol. The van der Waals surface area contributed by atoms with Crippen molar-refractivity contribution in [2.24, 2.45) is 0 Å². The number of carbonyl (C=O) groups excluding carboxylic acids is 1. The Morgan fingerprint density at radius 3 is 2.78 bits per heavy atom. The number of benzene rings is 1. The fourth-order valence-corrected chi connectivity index (χ4v) is 1.85. The Balaban J connectivity index is 2.04. The Labute approximate surface area is 109 Å². The van der Waals surface area contributed by atoms with Gasteiger partial charge < -0.3 is 10.1 Å². The van der Waals surface area contributed by atoms with Gasteiger partial charge in [0.05, 0.1) is 0 Å². The number of ether oxygens (including phenoxy) is 1. The van der Waals surface area contributed by atoms with E-state index in [2.05, 4.69) is 5.32 Å². The highest BCUT2D eigenvalue weighted by Crippen LogP contribution is 2.23. The first-order valence-electron chi connectivity index (χ1n) is 6.65. The summed E-state index contributed by atoms with van der Waals surface area (Å²) >= 11 is 0. The predicted molar refractivity (Wildman–Crippen MR) is 71.8 cm³/mol. The normalized spacial score (nSPS) is 16.2. The zero-order valence-corrected chi connectivity index (χ0v) is 11.3. The molecule has 18 heavy (non-hydrogen) atoms. The van der Waals surface area contributed by atoms with Gasteiger partial charge in [-0.15, -0.1) is 0 Å². The smallest absolute Gasteiger partial charge is 0.261 e. The second-order valence-corrected chi connectivity index (χ2v) is 5.00. The van der Waals surface area contributed by atoms with Gasteiger partial charge in [-0.2, -0.15) is 0 Å². The molecule has 0 radical (unpaired) electrons. The molecule has 1 fully saturated rings. The van der Waals surface area contributed by atoms with Crippen LogP contribution in [-0.4, -0.2) is 18.1 Å². The molecule has 1 aromatic carbocycles. The molecule has 1 amide bonds. The van der Waals surface area contributed by atoms with Crippen LogP contribution in [0.15, 0.2) is 18.2 Å². The molecular weight excluding hydrogens is 226 g/mol. The molecule has 1 saturated carbocycles. The minimum Gasteiger partial charge on any atom is -0.480 e. The molecule has 3 heteroatoms. The van der Waals surface area contributed by atoms with Crippen molar-refractivity contribution in [3.8, 4) is 5.75 Å². The van der Waals surface area contributed by atoms with Gasteiger partial charge in [-0.1, -0.05) is 19.1 Å². The van der Waals surface area contributed by atoms with Crippen LogP contribution in [0.2, 0.25) is 0 Å². The maximum Gasteiger partial charge on any atom is 0.261 e. The lowest BCUT2D eigenvalue weighted by Crippen LogP contribution is -2.39. The van der Waals surface area contributed by atoms with Crippen molar-refractivity contribution in [1.29, 1.82) is 0 Å². The van der Waals surface area contributed by atoms with E-state index in [9.17, 15) is 4.79 Å². The molecule has 1 unspecified atom stereocenters. The lowest BCUT2D eigenvalue weighted by molar-refractivity contribution is -0.128. The first kappa shape index (κ1) is 12.9. The molecule has 0 spiro atoms. The average Bonchev–Trinajstić information content (AvgIpc) is 3.14. The molecule has 0 aliphatic heterocycles. The highest BCUT2D eigenvalue weighted by molar-refractivity contribution is 5.81. The Hall–Kier alpha value is -1.51. The Morgan fingerprint density at radius 1 is 1.44 bits per heavy atom. The van der Waals surface area contributed by atoms with Crippen LogP contribution in [0, 0.1) is 13.8 Å². The number of amides is 1. The van der Waals surface area contributed by atoms with E-state index in [1.54, 1.807) is 0 Å². The van der Waals surface area contributed by atoms with Crippen LogP contribution in [0.4, 0.5) is 0 Å². The van der Waals surface area contributed by atoms with Gasteiger partial charge in [0.25, 0.3) is 5.91 Å². The van der Waals surface area contributed by atoms with Crippen LogP contribution in [-0.2, 0) is 4.79 Å². The SMILES string of the molecule is CCC(Oc1cccc(C)c1C)C(=O)NC1CC1. The topological polar surface area (TPSA) is 38.3 Å². The summed E-state index contributed by atoms with van der Waals surface area (Å²) in [4.78, 5) is 12.0. The number of carbonyl (C=O) groups is 1. The van der Waals surface area contributed by atoms with Crippen LogP contribution >= 0.6 is 0 Å². The van der Waals surface area contributed by atoms with Crippen molar-refractivity contribution < 1.29 is 9.53 Å². The second-order valence-electron chi connectivity index (χ2n) is 5.00. The summed E-state index contributed by atoms with van der Waals surface area (Å²) in [6, 6.07) is 6.32. The van der Waals surface area contributed by atoms with Crippen LogP contribution in [0.5, 0.6) is 5.75 Å². The third-order valence-electron chi connectivity index (χ3n) is 3.41. The van der Waals surface area contributed by atoms with Crippen molar-refractivity contribution in [2.45, 2.75) is 52.2 Å². The van der Waals surface area contributed by atoms with Gasteiger partial charge in [-0.05, 0) is 50.3 Å². The minimum atomic E-state index is -0.383. The second kappa shape index (κ2) is 5.42. The molecule has 1 aliphatic rings. The number of nitrogens with one attached hydrogen (secondary N) is 1. The van der Waals surface area contributed by atoms with E-state index in [-0.39, 0.29) is 12.0 Å². The summed E-state index contributed by atoms with van der Waals surface area (Å²) in [7, 11) is 0. The first-order chi connectivity index (χ1) is 8.61. The third kappa shape index (κ3) is 3.03. The maximum atomic E-state index is 12.0. The lowest BCUT2D eigenvalue weighted by Gasteiger charge is -2.19. The van der Waals surface area contributed by atoms with Gasteiger partial charge in [0, 0.05) is 6.04 Å². The molecule has 1 aromatic rings. The molecule has 98 valence electrons. The Bertz CT molecular complexity index is 438. The van der Waals surface area contributed by atoms with E-state index >= 15 is 0 Å². The summed E-state index contributed by atoms with van der Waals surface area (Å²) in [6.45, 7) is 6.05. The number of hydrogen-bond acceptors (Lipinski definition) is 2. The highest BCUT2D eigenvalue weighted by atomic mass is 16.5. The van der Waals surface area contributed by atoms with Gasteiger partial charge in [-0.3, -0.25) is 4.79 Å². The molecule has 0 heterocycles. The third-order valence-corrected chi connectivity index (χ3v) is 3.41. The van der Waals surface area contributed by atoms with Crippen molar-refractivity contribution in [3.63, 3.8) is 0 Å². The van der Waals surface area contributed by atoms with Crippen LogP contribution < -0.4 is 10.1 Å². The summed E-state index contributed by atoms with van der Waals surface area (Å²) < 4.78 is 5.85. The molecule has 1 atom stereocenters. The zero-order valence-electron chi connectivity index (χ0n) is 11.3. The number of rotatable bonds is 5. The molecule has 1 aliphatic carbocycles. The van der Waals surface area contributed by atoms with Crippen molar-refractivity contribution in [1.82, 2.24) is 5.32 Å². The minimum absolute atomic E-state index is 0.0147. The fraction of sp³-hybridized carbons (Fsp3) is 0.533. The fourth-order valence-electron chi connectivity index (χ4n) is 1.85. The summed E-state index contributed by atoms with van der Waals surface area (Å²) in [5, 5.41) is 3.00. The lowest BCUT2D eigenvalue weighted by atomic mass is 10.1. The zero-order chi connectivity index (χ0) is 13.1. The van der Waals surface area contributed by atoms with E-state index in [0.29, 0.717) is 12.5 Å². The van der Waals surface area contributed by atoms with E-state index in [1.807, 2.05) is 39.0 Å². The van der Waals surface area contributed by atoms with Crippen molar-refractivity contribution in [3.05, 3.63) is 29.3 Å². The standard InChI is InChI=1S/C15H21NO2/c1-4-13(15(17)16-12-8-9-12)18-14-7-5-6-10(2)11(14)3/h5-7,12-13H,4,8-9H2,1-3H3,(H,16,17).